The molecule has 22 heavy (non-hydrogen) atoms. The lowest BCUT2D eigenvalue weighted by molar-refractivity contribution is 0.0734. The van der Waals surface area contributed by atoms with Gasteiger partial charge in [0, 0.05) is 25.2 Å². The fourth-order valence-corrected chi connectivity index (χ4v) is 2.49. The van der Waals surface area contributed by atoms with Gasteiger partial charge in [-0.25, -0.2) is 4.98 Å². The molecule has 0 unspecified atom stereocenters. The molecule has 0 spiro atoms. The molecule has 1 aliphatic rings. The van der Waals surface area contributed by atoms with Gasteiger partial charge in [-0.2, -0.15) is 0 Å². The van der Waals surface area contributed by atoms with Gasteiger partial charge in [0.15, 0.2) is 0 Å². The SMILES string of the molecule is Cc1nc(-c2ccccc2)oc1C(=O)N1CCCNCC1.Cl. The van der Waals surface area contributed by atoms with Gasteiger partial charge >= 0.3 is 0 Å². The number of amides is 1. The lowest BCUT2D eigenvalue weighted by Crippen LogP contribution is -2.34. The van der Waals surface area contributed by atoms with Crippen molar-refractivity contribution in [3.63, 3.8) is 0 Å². The molecule has 1 aliphatic heterocycles. The highest BCUT2D eigenvalue weighted by atomic mass is 35.5. The highest BCUT2D eigenvalue weighted by Crippen LogP contribution is 2.22. The van der Waals surface area contributed by atoms with Gasteiger partial charge in [-0.3, -0.25) is 4.79 Å². The Bertz CT molecular complexity index is 620. The first-order chi connectivity index (χ1) is 10.3. The second-order valence-corrected chi connectivity index (χ2v) is 5.20. The number of carbonyl (C=O) groups is 1. The number of hydrogen-bond donors (Lipinski definition) is 1. The van der Waals surface area contributed by atoms with Gasteiger partial charge in [-0.05, 0) is 32.0 Å². The van der Waals surface area contributed by atoms with E-state index < -0.39 is 0 Å². The minimum absolute atomic E-state index is 0. The van der Waals surface area contributed by atoms with Crippen LogP contribution in [0.15, 0.2) is 34.7 Å². The Morgan fingerprint density at radius 3 is 2.77 bits per heavy atom. The van der Waals surface area contributed by atoms with Gasteiger partial charge in [0.25, 0.3) is 5.91 Å². The number of nitrogens with zero attached hydrogens (tertiary/aromatic N) is 2. The van der Waals surface area contributed by atoms with E-state index in [4.69, 9.17) is 4.42 Å². The summed E-state index contributed by atoms with van der Waals surface area (Å²) in [6.45, 7) is 5.06. The molecule has 5 nitrogen and oxygen atoms in total. The zero-order valence-corrected chi connectivity index (χ0v) is 13.4. The summed E-state index contributed by atoms with van der Waals surface area (Å²) in [5.41, 5.74) is 1.54. The van der Waals surface area contributed by atoms with Gasteiger partial charge in [0.2, 0.25) is 11.7 Å². The van der Waals surface area contributed by atoms with Gasteiger partial charge in [0.05, 0.1) is 5.69 Å². The summed E-state index contributed by atoms with van der Waals surface area (Å²) in [5, 5.41) is 3.29. The van der Waals surface area contributed by atoms with Crippen molar-refractivity contribution in [2.45, 2.75) is 13.3 Å². The van der Waals surface area contributed by atoms with Crippen LogP contribution in [0.2, 0.25) is 0 Å². The number of hydrogen-bond acceptors (Lipinski definition) is 4. The van der Waals surface area contributed by atoms with Gasteiger partial charge in [0.1, 0.15) is 0 Å². The number of carbonyl (C=O) groups excluding carboxylic acids is 1. The Hall–Kier alpha value is -1.85. The molecule has 0 atom stereocenters. The van der Waals surface area contributed by atoms with Gasteiger partial charge in [-0.1, -0.05) is 18.2 Å². The largest absolute Gasteiger partial charge is 0.431 e. The number of aromatic nitrogens is 1. The average Bonchev–Trinajstić information content (AvgIpc) is 2.74. The van der Waals surface area contributed by atoms with Crippen LogP contribution in [0, 0.1) is 6.92 Å². The predicted molar refractivity (Wildman–Crippen MR) is 87.3 cm³/mol. The van der Waals surface area contributed by atoms with Crippen LogP contribution in [0.1, 0.15) is 22.7 Å². The molecule has 118 valence electrons. The first-order valence-electron chi connectivity index (χ1n) is 7.28. The molecular weight excluding hydrogens is 302 g/mol. The van der Waals surface area contributed by atoms with E-state index in [1.165, 1.54) is 0 Å². The maximum atomic E-state index is 12.6. The monoisotopic (exact) mass is 321 g/mol. The molecule has 1 aromatic heterocycles. The molecule has 0 aliphatic carbocycles. The van der Waals surface area contributed by atoms with Crippen molar-refractivity contribution >= 4 is 18.3 Å². The van der Waals surface area contributed by atoms with Crippen LogP contribution in [0.4, 0.5) is 0 Å². The average molecular weight is 322 g/mol. The first-order valence-corrected chi connectivity index (χ1v) is 7.28. The fraction of sp³-hybridized carbons (Fsp3) is 0.375. The van der Waals surface area contributed by atoms with E-state index in [0.29, 0.717) is 23.9 Å². The standard InChI is InChI=1S/C16H19N3O2.ClH/c1-12-14(16(20)19-10-5-8-17-9-11-19)21-15(18-12)13-6-3-2-4-7-13;/h2-4,6-7,17H,5,8-11H2,1H3;1H. The molecule has 3 rings (SSSR count). The smallest absolute Gasteiger partial charge is 0.291 e. The molecule has 0 saturated carbocycles. The first kappa shape index (κ1) is 16.5. The molecule has 2 heterocycles. The molecular formula is C16H20ClN3O2. The number of benzene rings is 1. The van der Waals surface area contributed by atoms with Crippen molar-refractivity contribution in [1.29, 1.82) is 0 Å². The van der Waals surface area contributed by atoms with E-state index in [1.54, 1.807) is 0 Å². The maximum absolute atomic E-state index is 12.6. The van der Waals surface area contributed by atoms with Gasteiger partial charge in [-0.15, -0.1) is 12.4 Å². The van der Waals surface area contributed by atoms with Crippen molar-refractivity contribution in [2.24, 2.45) is 0 Å². The van der Waals surface area contributed by atoms with E-state index in [2.05, 4.69) is 10.3 Å². The highest BCUT2D eigenvalue weighted by molar-refractivity contribution is 5.93. The van der Waals surface area contributed by atoms with Crippen LogP contribution < -0.4 is 5.32 Å². The number of aryl methyl sites for hydroxylation is 1. The van der Waals surface area contributed by atoms with E-state index in [-0.39, 0.29) is 18.3 Å². The third kappa shape index (κ3) is 3.48. The number of oxazole rings is 1. The lowest BCUT2D eigenvalue weighted by atomic mass is 10.2. The molecule has 1 aromatic carbocycles. The molecule has 1 N–H and O–H groups in total. The number of halogens is 1. The van der Waals surface area contributed by atoms with Crippen molar-refractivity contribution in [1.82, 2.24) is 15.2 Å². The Morgan fingerprint density at radius 1 is 1.23 bits per heavy atom. The summed E-state index contributed by atoms with van der Waals surface area (Å²) in [5.74, 6) is 0.797. The van der Waals surface area contributed by atoms with Crippen molar-refractivity contribution < 1.29 is 9.21 Å². The summed E-state index contributed by atoms with van der Waals surface area (Å²) in [6.07, 6.45) is 0.963. The molecule has 1 saturated heterocycles. The minimum Gasteiger partial charge on any atom is -0.431 e. The van der Waals surface area contributed by atoms with E-state index in [0.717, 1.165) is 31.6 Å². The van der Waals surface area contributed by atoms with Crippen LogP contribution in [-0.2, 0) is 0 Å². The van der Waals surface area contributed by atoms with Crippen LogP contribution in [0.5, 0.6) is 0 Å². The van der Waals surface area contributed by atoms with Crippen molar-refractivity contribution in [2.75, 3.05) is 26.2 Å². The van der Waals surface area contributed by atoms with E-state index >= 15 is 0 Å². The summed E-state index contributed by atoms with van der Waals surface area (Å²) in [7, 11) is 0. The van der Waals surface area contributed by atoms with Crippen LogP contribution >= 0.6 is 12.4 Å². The molecule has 0 radical (unpaired) electrons. The van der Waals surface area contributed by atoms with Crippen LogP contribution in [-0.4, -0.2) is 42.0 Å². The summed E-state index contributed by atoms with van der Waals surface area (Å²) < 4.78 is 5.73. The van der Waals surface area contributed by atoms with Crippen LogP contribution in [0.25, 0.3) is 11.5 Å². The second-order valence-electron chi connectivity index (χ2n) is 5.20. The normalized spacial score (nSPS) is 15.0. The Balaban J connectivity index is 0.00000176. The Labute approximate surface area is 136 Å². The van der Waals surface area contributed by atoms with Crippen LogP contribution in [0.3, 0.4) is 0 Å². The Kier molecular flexibility index (Phi) is 5.57. The third-order valence-electron chi connectivity index (χ3n) is 3.64. The predicted octanol–water partition coefficient (Wildman–Crippen LogP) is 2.51. The maximum Gasteiger partial charge on any atom is 0.291 e. The van der Waals surface area contributed by atoms with Crippen molar-refractivity contribution in [3.8, 4) is 11.5 Å². The summed E-state index contributed by atoms with van der Waals surface area (Å²) in [6, 6.07) is 9.65. The molecule has 1 amide bonds. The van der Waals surface area contributed by atoms with E-state index in [1.807, 2.05) is 42.2 Å². The third-order valence-corrected chi connectivity index (χ3v) is 3.64. The molecule has 0 bridgehead atoms. The minimum atomic E-state index is -0.0640. The van der Waals surface area contributed by atoms with Crippen molar-refractivity contribution in [3.05, 3.63) is 41.8 Å². The molecule has 6 heteroatoms. The molecule has 1 fully saturated rings. The van der Waals surface area contributed by atoms with E-state index in [9.17, 15) is 4.79 Å². The Morgan fingerprint density at radius 2 is 2.00 bits per heavy atom. The zero-order chi connectivity index (χ0) is 14.7. The summed E-state index contributed by atoms with van der Waals surface area (Å²) >= 11 is 0. The fourth-order valence-electron chi connectivity index (χ4n) is 2.49. The molecule has 2 aromatic rings. The summed E-state index contributed by atoms with van der Waals surface area (Å²) in [4.78, 5) is 18.8. The number of rotatable bonds is 2. The quantitative estimate of drug-likeness (QED) is 0.923. The lowest BCUT2D eigenvalue weighted by Gasteiger charge is -2.18. The topological polar surface area (TPSA) is 58.4 Å². The number of nitrogens with one attached hydrogen (secondary N) is 1. The zero-order valence-electron chi connectivity index (χ0n) is 12.5. The van der Waals surface area contributed by atoms with Gasteiger partial charge < -0.3 is 14.6 Å². The highest BCUT2D eigenvalue weighted by Gasteiger charge is 2.24. The second kappa shape index (κ2) is 7.42.